The number of pyridine rings is 2. The van der Waals surface area contributed by atoms with Crippen molar-refractivity contribution in [3.05, 3.63) is 47.9 Å². The van der Waals surface area contributed by atoms with E-state index in [2.05, 4.69) is 33.9 Å². The Hall–Kier alpha value is -2.43. The molecule has 25 heavy (non-hydrogen) atoms. The number of carbonyl (C=O) groups excluding carboxylic acids is 1. The van der Waals surface area contributed by atoms with Gasteiger partial charge in [0, 0.05) is 37.9 Å². The number of rotatable bonds is 2. The van der Waals surface area contributed by atoms with Crippen LogP contribution in [0.25, 0.3) is 0 Å². The summed E-state index contributed by atoms with van der Waals surface area (Å²) in [7, 11) is 0. The summed E-state index contributed by atoms with van der Waals surface area (Å²) in [6.07, 6.45) is 7.51. The lowest BCUT2D eigenvalue weighted by Gasteiger charge is -2.34. The molecule has 0 spiro atoms. The quantitative estimate of drug-likeness (QED) is 0.845. The first-order chi connectivity index (χ1) is 12.1. The minimum atomic E-state index is 0.0233. The minimum absolute atomic E-state index is 0.0233. The van der Waals surface area contributed by atoms with Crippen molar-refractivity contribution in [1.29, 1.82) is 0 Å². The number of piperidine rings is 1. The van der Waals surface area contributed by atoms with Gasteiger partial charge < -0.3 is 9.80 Å². The van der Waals surface area contributed by atoms with Crippen molar-refractivity contribution >= 4 is 17.4 Å². The lowest BCUT2D eigenvalue weighted by Crippen LogP contribution is -2.45. The SMILES string of the molecule is Cc1ccc(N2CCCC(C(=O)N3CC(C)c4ccncc43)C2)nc1. The Kier molecular flexibility index (Phi) is 4.15. The van der Waals surface area contributed by atoms with Crippen molar-refractivity contribution in [3.8, 4) is 0 Å². The highest BCUT2D eigenvalue weighted by Crippen LogP contribution is 2.36. The van der Waals surface area contributed by atoms with Gasteiger partial charge >= 0.3 is 0 Å². The highest BCUT2D eigenvalue weighted by atomic mass is 16.2. The maximum absolute atomic E-state index is 13.2. The molecule has 2 aliphatic heterocycles. The fourth-order valence-corrected chi connectivity index (χ4v) is 3.97. The molecule has 0 aliphatic carbocycles. The van der Waals surface area contributed by atoms with Gasteiger partial charge in [-0.05, 0) is 43.0 Å². The average Bonchev–Trinajstić information content (AvgIpc) is 2.99. The number of carbonyl (C=O) groups is 1. The van der Waals surface area contributed by atoms with Crippen LogP contribution in [-0.2, 0) is 4.79 Å². The normalized spacial score (nSPS) is 22.8. The van der Waals surface area contributed by atoms with Crippen LogP contribution in [0.2, 0.25) is 0 Å². The molecular formula is C20H24N4O. The fraction of sp³-hybridized carbons (Fsp3) is 0.450. The average molecular weight is 336 g/mol. The Balaban J connectivity index is 1.52. The fourth-order valence-electron chi connectivity index (χ4n) is 3.97. The van der Waals surface area contributed by atoms with Crippen molar-refractivity contribution < 1.29 is 4.79 Å². The monoisotopic (exact) mass is 336 g/mol. The standard InChI is InChI=1S/C20H24N4O/c1-14-5-6-19(22-10-14)23-9-3-4-16(13-23)20(25)24-12-15(2)17-7-8-21-11-18(17)24/h5-8,10-11,15-16H,3-4,9,12-13H2,1-2H3. The number of hydrogen-bond donors (Lipinski definition) is 0. The van der Waals surface area contributed by atoms with Gasteiger partial charge in [-0.3, -0.25) is 9.78 Å². The van der Waals surface area contributed by atoms with E-state index in [-0.39, 0.29) is 11.8 Å². The van der Waals surface area contributed by atoms with Gasteiger partial charge in [-0.1, -0.05) is 13.0 Å². The number of nitrogens with zero attached hydrogens (tertiary/aromatic N) is 4. The molecule has 5 heteroatoms. The second-order valence-corrected chi connectivity index (χ2v) is 7.26. The van der Waals surface area contributed by atoms with Gasteiger partial charge in [-0.25, -0.2) is 4.98 Å². The maximum Gasteiger partial charge on any atom is 0.231 e. The van der Waals surface area contributed by atoms with E-state index >= 15 is 0 Å². The van der Waals surface area contributed by atoms with Gasteiger partial charge in [0.25, 0.3) is 0 Å². The van der Waals surface area contributed by atoms with Crippen LogP contribution in [0.3, 0.4) is 0 Å². The summed E-state index contributed by atoms with van der Waals surface area (Å²) in [6, 6.07) is 6.17. The summed E-state index contributed by atoms with van der Waals surface area (Å²) in [4.78, 5) is 26.1. The molecule has 5 nitrogen and oxygen atoms in total. The summed E-state index contributed by atoms with van der Waals surface area (Å²) < 4.78 is 0. The van der Waals surface area contributed by atoms with Crippen LogP contribution in [0.4, 0.5) is 11.5 Å². The largest absolute Gasteiger partial charge is 0.356 e. The molecule has 1 amide bonds. The molecule has 2 aliphatic rings. The van der Waals surface area contributed by atoms with Gasteiger partial charge in [0.05, 0.1) is 17.8 Å². The zero-order valence-electron chi connectivity index (χ0n) is 14.9. The third-order valence-corrected chi connectivity index (χ3v) is 5.37. The van der Waals surface area contributed by atoms with E-state index in [1.54, 1.807) is 0 Å². The second-order valence-electron chi connectivity index (χ2n) is 7.26. The summed E-state index contributed by atoms with van der Waals surface area (Å²) >= 11 is 0. The van der Waals surface area contributed by atoms with Crippen molar-refractivity contribution in [3.63, 3.8) is 0 Å². The number of hydrogen-bond acceptors (Lipinski definition) is 4. The minimum Gasteiger partial charge on any atom is -0.356 e. The van der Waals surface area contributed by atoms with Crippen LogP contribution >= 0.6 is 0 Å². The molecule has 4 rings (SSSR count). The molecule has 0 bridgehead atoms. The van der Waals surface area contributed by atoms with Crippen molar-refractivity contribution in [2.24, 2.45) is 5.92 Å². The first kappa shape index (κ1) is 16.1. The van der Waals surface area contributed by atoms with Gasteiger partial charge in [-0.15, -0.1) is 0 Å². The van der Waals surface area contributed by atoms with Gasteiger partial charge in [0.15, 0.2) is 0 Å². The van der Waals surface area contributed by atoms with Crippen LogP contribution < -0.4 is 9.80 Å². The molecule has 0 saturated carbocycles. The first-order valence-corrected chi connectivity index (χ1v) is 9.06. The summed E-state index contributed by atoms with van der Waals surface area (Å²) in [6.45, 7) is 6.69. The first-order valence-electron chi connectivity index (χ1n) is 9.06. The summed E-state index contributed by atoms with van der Waals surface area (Å²) in [5.41, 5.74) is 3.38. The highest BCUT2D eigenvalue weighted by molar-refractivity contribution is 5.97. The van der Waals surface area contributed by atoms with Crippen LogP contribution in [0.15, 0.2) is 36.8 Å². The smallest absolute Gasteiger partial charge is 0.231 e. The molecule has 1 saturated heterocycles. The van der Waals surface area contributed by atoms with E-state index in [0.717, 1.165) is 49.5 Å². The Morgan fingerprint density at radius 1 is 1.20 bits per heavy atom. The number of fused-ring (bicyclic) bond motifs is 1. The summed E-state index contributed by atoms with van der Waals surface area (Å²) in [5.74, 6) is 1.60. The second kappa shape index (κ2) is 6.47. The predicted molar refractivity (Wildman–Crippen MR) is 98.9 cm³/mol. The molecule has 0 N–H and O–H groups in total. The zero-order valence-corrected chi connectivity index (χ0v) is 14.9. The topological polar surface area (TPSA) is 49.3 Å². The number of aromatic nitrogens is 2. The Morgan fingerprint density at radius 2 is 2.08 bits per heavy atom. The number of aryl methyl sites for hydroxylation is 1. The van der Waals surface area contributed by atoms with E-state index in [0.29, 0.717) is 5.92 Å². The molecule has 2 aromatic rings. The molecule has 0 aromatic carbocycles. The molecule has 130 valence electrons. The predicted octanol–water partition coefficient (Wildman–Crippen LogP) is 3.15. The van der Waals surface area contributed by atoms with Crippen molar-refractivity contribution in [2.75, 3.05) is 29.4 Å². The van der Waals surface area contributed by atoms with Crippen LogP contribution in [0, 0.1) is 12.8 Å². The number of anilines is 2. The summed E-state index contributed by atoms with van der Waals surface area (Å²) in [5, 5.41) is 0. The molecule has 2 unspecified atom stereocenters. The van der Waals surface area contributed by atoms with Gasteiger partial charge in [0.2, 0.25) is 5.91 Å². The molecular weight excluding hydrogens is 312 g/mol. The van der Waals surface area contributed by atoms with Crippen molar-refractivity contribution in [1.82, 2.24) is 9.97 Å². The Morgan fingerprint density at radius 3 is 2.88 bits per heavy atom. The third-order valence-electron chi connectivity index (χ3n) is 5.37. The molecule has 0 radical (unpaired) electrons. The van der Waals surface area contributed by atoms with Crippen LogP contribution in [-0.4, -0.2) is 35.5 Å². The third kappa shape index (κ3) is 2.99. The Labute approximate surface area is 148 Å². The van der Waals surface area contributed by atoms with Crippen LogP contribution in [0.1, 0.15) is 36.8 Å². The lowest BCUT2D eigenvalue weighted by atomic mass is 9.96. The van der Waals surface area contributed by atoms with Crippen molar-refractivity contribution in [2.45, 2.75) is 32.6 Å². The molecule has 1 fully saturated rings. The lowest BCUT2D eigenvalue weighted by molar-refractivity contribution is -0.122. The molecule has 4 heterocycles. The Bertz CT molecular complexity index is 774. The van der Waals surface area contributed by atoms with Crippen LogP contribution in [0.5, 0.6) is 0 Å². The number of amides is 1. The van der Waals surface area contributed by atoms with Gasteiger partial charge in [-0.2, -0.15) is 0 Å². The zero-order chi connectivity index (χ0) is 17.4. The maximum atomic E-state index is 13.2. The molecule has 2 aromatic heterocycles. The van der Waals surface area contributed by atoms with E-state index in [9.17, 15) is 4.79 Å². The highest BCUT2D eigenvalue weighted by Gasteiger charge is 2.35. The van der Waals surface area contributed by atoms with E-state index in [1.807, 2.05) is 36.5 Å². The van der Waals surface area contributed by atoms with E-state index in [4.69, 9.17) is 0 Å². The van der Waals surface area contributed by atoms with E-state index < -0.39 is 0 Å². The molecule has 2 atom stereocenters. The van der Waals surface area contributed by atoms with Gasteiger partial charge in [0.1, 0.15) is 5.82 Å². The van der Waals surface area contributed by atoms with E-state index in [1.165, 1.54) is 5.56 Å².